The van der Waals surface area contributed by atoms with Crippen LogP contribution in [0.4, 0.5) is 5.69 Å². The molecule has 2 aromatic heterocycles. The Balaban J connectivity index is 1.98. The van der Waals surface area contributed by atoms with Crippen LogP contribution in [0.15, 0.2) is 40.9 Å². The normalized spacial score (nSPS) is 10.6. The van der Waals surface area contributed by atoms with Crippen molar-refractivity contribution in [2.45, 2.75) is 6.54 Å². The molecule has 0 spiro atoms. The third kappa shape index (κ3) is 1.70. The summed E-state index contributed by atoms with van der Waals surface area (Å²) in [7, 11) is 0. The summed E-state index contributed by atoms with van der Waals surface area (Å²) in [6, 6.07) is 11.0. The predicted molar refractivity (Wildman–Crippen MR) is 66.7 cm³/mol. The Morgan fingerprint density at radius 3 is 3.11 bits per heavy atom. The highest BCUT2D eigenvalue weighted by Crippen LogP contribution is 2.19. The molecule has 3 rings (SSSR count). The van der Waals surface area contributed by atoms with E-state index in [-0.39, 0.29) is 0 Å². The van der Waals surface area contributed by atoms with Crippen LogP contribution in [0.3, 0.4) is 0 Å². The number of nitrogens with zero attached hydrogens (tertiary/aromatic N) is 3. The lowest BCUT2D eigenvalue weighted by Crippen LogP contribution is -2.00. The quantitative estimate of drug-likeness (QED) is 0.693. The van der Waals surface area contributed by atoms with Crippen molar-refractivity contribution in [3.05, 3.63) is 48.1 Å². The van der Waals surface area contributed by atoms with Gasteiger partial charge < -0.3 is 14.7 Å². The van der Waals surface area contributed by atoms with E-state index in [9.17, 15) is 0 Å². The number of nitrogen functional groups attached to an aromatic ring is 1. The first-order chi connectivity index (χ1) is 8.76. The number of rotatable bonds is 2. The number of hydrogen-bond donors (Lipinski definition) is 1. The van der Waals surface area contributed by atoms with E-state index in [0.29, 0.717) is 29.4 Å². The Kier molecular flexibility index (Phi) is 2.27. The Morgan fingerprint density at radius 2 is 2.28 bits per heavy atom. The molecule has 0 bridgehead atoms. The Hall–Kier alpha value is -2.74. The summed E-state index contributed by atoms with van der Waals surface area (Å²) in [5.41, 5.74) is 8.35. The summed E-state index contributed by atoms with van der Waals surface area (Å²) in [4.78, 5) is 4.35. The molecule has 0 fully saturated rings. The molecule has 1 aromatic carbocycles. The van der Waals surface area contributed by atoms with Crippen LogP contribution in [0.2, 0.25) is 0 Å². The average molecular weight is 238 g/mol. The minimum atomic E-state index is 0.435. The van der Waals surface area contributed by atoms with Crippen molar-refractivity contribution < 1.29 is 4.42 Å². The largest absolute Gasteiger partial charge is 0.439 e. The monoisotopic (exact) mass is 238 g/mol. The van der Waals surface area contributed by atoms with Crippen LogP contribution in [-0.4, -0.2) is 9.55 Å². The van der Waals surface area contributed by atoms with Crippen LogP contribution in [0.25, 0.3) is 11.1 Å². The first-order valence-electron chi connectivity index (χ1n) is 5.46. The summed E-state index contributed by atoms with van der Waals surface area (Å²) in [5, 5.41) is 8.92. The number of aromatic nitrogens is 2. The van der Waals surface area contributed by atoms with E-state index < -0.39 is 0 Å². The van der Waals surface area contributed by atoms with Crippen LogP contribution in [-0.2, 0) is 6.54 Å². The van der Waals surface area contributed by atoms with E-state index in [1.807, 2.05) is 12.3 Å². The Bertz CT molecular complexity index is 748. The average Bonchev–Trinajstić information content (AvgIpc) is 2.94. The number of benzene rings is 1. The van der Waals surface area contributed by atoms with Gasteiger partial charge in [-0.3, -0.25) is 0 Å². The minimum Gasteiger partial charge on any atom is -0.439 e. The molecule has 2 heterocycles. The number of nitrogens with two attached hydrogens (primary N) is 1. The smallest absolute Gasteiger partial charge is 0.215 e. The van der Waals surface area contributed by atoms with Gasteiger partial charge in [0.2, 0.25) is 5.89 Å². The number of fused-ring (bicyclic) bond motifs is 1. The fraction of sp³-hybridized carbons (Fsp3) is 0.0769. The van der Waals surface area contributed by atoms with Crippen LogP contribution >= 0.6 is 0 Å². The molecule has 0 aliphatic carbocycles. The highest BCUT2D eigenvalue weighted by Gasteiger charge is 2.08. The van der Waals surface area contributed by atoms with E-state index in [4.69, 9.17) is 15.4 Å². The van der Waals surface area contributed by atoms with Crippen molar-refractivity contribution in [3.8, 4) is 6.07 Å². The van der Waals surface area contributed by atoms with Gasteiger partial charge in [0.1, 0.15) is 17.3 Å². The van der Waals surface area contributed by atoms with Gasteiger partial charge in [-0.25, -0.2) is 4.98 Å². The molecule has 2 N–H and O–H groups in total. The van der Waals surface area contributed by atoms with Gasteiger partial charge in [-0.15, -0.1) is 0 Å². The maximum absolute atomic E-state index is 8.92. The topological polar surface area (TPSA) is 80.8 Å². The van der Waals surface area contributed by atoms with Crippen molar-refractivity contribution in [1.82, 2.24) is 9.55 Å². The van der Waals surface area contributed by atoms with Crippen molar-refractivity contribution >= 4 is 16.8 Å². The van der Waals surface area contributed by atoms with Gasteiger partial charge in [-0.2, -0.15) is 5.26 Å². The van der Waals surface area contributed by atoms with E-state index >= 15 is 0 Å². The summed E-state index contributed by atoms with van der Waals surface area (Å²) in [6.07, 6.45) is 1.82. The number of oxazole rings is 1. The molecule has 0 aliphatic rings. The summed E-state index contributed by atoms with van der Waals surface area (Å²) < 4.78 is 7.38. The number of anilines is 1. The standard InChI is InChI=1S/C13H10N4O/c14-7-10-2-1-5-17(10)8-13-16-11-6-9(15)3-4-12(11)18-13/h1-6H,8,15H2. The molecule has 0 saturated heterocycles. The second-order valence-electron chi connectivity index (χ2n) is 3.97. The minimum absolute atomic E-state index is 0.435. The molecule has 5 heteroatoms. The van der Waals surface area contributed by atoms with Crippen molar-refractivity contribution in [2.75, 3.05) is 5.73 Å². The molecule has 0 saturated carbocycles. The maximum Gasteiger partial charge on any atom is 0.215 e. The van der Waals surface area contributed by atoms with Gasteiger partial charge in [0.05, 0.1) is 6.54 Å². The fourth-order valence-corrected chi connectivity index (χ4v) is 1.86. The van der Waals surface area contributed by atoms with Crippen LogP contribution < -0.4 is 5.73 Å². The van der Waals surface area contributed by atoms with Crippen molar-refractivity contribution in [1.29, 1.82) is 5.26 Å². The molecule has 3 aromatic rings. The molecule has 0 aliphatic heterocycles. The van der Waals surface area contributed by atoms with Gasteiger partial charge in [-0.05, 0) is 30.3 Å². The van der Waals surface area contributed by atoms with Crippen molar-refractivity contribution in [3.63, 3.8) is 0 Å². The van der Waals surface area contributed by atoms with Gasteiger partial charge in [-0.1, -0.05) is 0 Å². The zero-order valence-electron chi connectivity index (χ0n) is 9.50. The maximum atomic E-state index is 8.92. The third-order valence-electron chi connectivity index (χ3n) is 2.71. The first-order valence-corrected chi connectivity index (χ1v) is 5.46. The van der Waals surface area contributed by atoms with Crippen LogP contribution in [0.5, 0.6) is 0 Å². The second-order valence-corrected chi connectivity index (χ2v) is 3.97. The number of hydrogen-bond acceptors (Lipinski definition) is 4. The molecule has 0 amide bonds. The third-order valence-corrected chi connectivity index (χ3v) is 2.71. The molecule has 5 nitrogen and oxygen atoms in total. The molecule has 0 atom stereocenters. The lowest BCUT2D eigenvalue weighted by atomic mass is 10.3. The lowest BCUT2D eigenvalue weighted by molar-refractivity contribution is 0.508. The summed E-state index contributed by atoms with van der Waals surface area (Å²) >= 11 is 0. The zero-order valence-corrected chi connectivity index (χ0v) is 9.50. The lowest BCUT2D eigenvalue weighted by Gasteiger charge is -1.99. The molecule has 0 unspecified atom stereocenters. The van der Waals surface area contributed by atoms with Crippen LogP contribution in [0, 0.1) is 11.3 Å². The molecule has 88 valence electrons. The van der Waals surface area contributed by atoms with Gasteiger partial charge in [0.15, 0.2) is 5.58 Å². The van der Waals surface area contributed by atoms with E-state index in [1.54, 1.807) is 28.8 Å². The fourth-order valence-electron chi connectivity index (χ4n) is 1.86. The first kappa shape index (κ1) is 10.4. The zero-order chi connectivity index (χ0) is 12.5. The molecule has 0 radical (unpaired) electrons. The van der Waals surface area contributed by atoms with Crippen LogP contribution in [0.1, 0.15) is 11.6 Å². The molecular weight excluding hydrogens is 228 g/mol. The SMILES string of the molecule is N#Cc1cccn1Cc1nc2cc(N)ccc2o1. The number of nitriles is 1. The van der Waals surface area contributed by atoms with E-state index in [2.05, 4.69) is 11.1 Å². The summed E-state index contributed by atoms with van der Waals surface area (Å²) in [5.74, 6) is 0.559. The second kappa shape index (κ2) is 3.93. The van der Waals surface area contributed by atoms with E-state index in [1.165, 1.54) is 0 Å². The predicted octanol–water partition coefficient (Wildman–Crippen LogP) is 2.13. The Labute approximate surface area is 103 Å². The summed E-state index contributed by atoms with van der Waals surface area (Å²) in [6.45, 7) is 0.435. The van der Waals surface area contributed by atoms with Crippen molar-refractivity contribution in [2.24, 2.45) is 0 Å². The highest BCUT2D eigenvalue weighted by molar-refractivity contribution is 5.76. The molecular formula is C13H10N4O. The van der Waals surface area contributed by atoms with Gasteiger partial charge in [0.25, 0.3) is 0 Å². The molecule has 18 heavy (non-hydrogen) atoms. The highest BCUT2D eigenvalue weighted by atomic mass is 16.3. The van der Waals surface area contributed by atoms with Gasteiger partial charge in [0, 0.05) is 11.9 Å². The van der Waals surface area contributed by atoms with Gasteiger partial charge >= 0.3 is 0 Å². The van der Waals surface area contributed by atoms with E-state index in [0.717, 1.165) is 5.52 Å². The Morgan fingerprint density at radius 1 is 1.39 bits per heavy atom.